The topological polar surface area (TPSA) is 46.2 Å². The summed E-state index contributed by atoms with van der Waals surface area (Å²) in [5.74, 6) is 0. The summed E-state index contributed by atoms with van der Waals surface area (Å²) in [5, 5.41) is 9.90. The van der Waals surface area contributed by atoms with Gasteiger partial charge < -0.3 is 10.8 Å². The highest BCUT2D eigenvalue weighted by Crippen LogP contribution is 2.40. The van der Waals surface area contributed by atoms with E-state index in [1.807, 2.05) is 0 Å². The molecule has 19 heavy (non-hydrogen) atoms. The van der Waals surface area contributed by atoms with Gasteiger partial charge in [-0.3, -0.25) is 0 Å². The largest absolute Gasteiger partial charge is 0.416 e. The van der Waals surface area contributed by atoms with Gasteiger partial charge in [0, 0.05) is 5.54 Å². The Morgan fingerprint density at radius 3 is 1.95 bits per heavy atom. The normalized spacial score (nSPS) is 32.3. The molecule has 106 valence electrons. The SMILES string of the molecule is CC1(O)CCC(N)(c2ccc(C(F)(F)F)cc2)CC1. The molecular formula is C14H18F3NO. The van der Waals surface area contributed by atoms with Crippen molar-refractivity contribution >= 4 is 0 Å². The second-order valence-electron chi connectivity index (χ2n) is 5.73. The van der Waals surface area contributed by atoms with Crippen molar-refractivity contribution in [2.75, 3.05) is 0 Å². The lowest BCUT2D eigenvalue weighted by Gasteiger charge is -2.40. The lowest BCUT2D eigenvalue weighted by Crippen LogP contribution is -2.45. The van der Waals surface area contributed by atoms with E-state index < -0.39 is 22.9 Å². The van der Waals surface area contributed by atoms with Crippen LogP contribution in [0, 0.1) is 0 Å². The Morgan fingerprint density at radius 2 is 1.53 bits per heavy atom. The number of aliphatic hydroxyl groups is 1. The molecule has 0 amide bonds. The third-order valence-corrected chi connectivity index (χ3v) is 4.01. The number of rotatable bonds is 1. The molecule has 2 nitrogen and oxygen atoms in total. The fourth-order valence-electron chi connectivity index (χ4n) is 2.51. The van der Waals surface area contributed by atoms with Gasteiger partial charge in [0.15, 0.2) is 0 Å². The number of benzene rings is 1. The van der Waals surface area contributed by atoms with Crippen molar-refractivity contribution in [3.05, 3.63) is 35.4 Å². The minimum absolute atomic E-state index is 0.560. The quantitative estimate of drug-likeness (QED) is 0.825. The molecule has 0 unspecified atom stereocenters. The van der Waals surface area contributed by atoms with Gasteiger partial charge in [0.25, 0.3) is 0 Å². The summed E-state index contributed by atoms with van der Waals surface area (Å²) in [6.45, 7) is 1.76. The van der Waals surface area contributed by atoms with Crippen LogP contribution in [0.4, 0.5) is 13.2 Å². The van der Waals surface area contributed by atoms with E-state index in [2.05, 4.69) is 0 Å². The van der Waals surface area contributed by atoms with Gasteiger partial charge in [-0.1, -0.05) is 12.1 Å². The van der Waals surface area contributed by atoms with E-state index in [4.69, 9.17) is 5.73 Å². The van der Waals surface area contributed by atoms with Crippen molar-refractivity contribution in [2.24, 2.45) is 5.73 Å². The van der Waals surface area contributed by atoms with E-state index >= 15 is 0 Å². The van der Waals surface area contributed by atoms with E-state index in [1.165, 1.54) is 12.1 Å². The number of alkyl halides is 3. The molecule has 3 N–H and O–H groups in total. The van der Waals surface area contributed by atoms with Gasteiger partial charge in [0.2, 0.25) is 0 Å². The molecular weight excluding hydrogens is 255 g/mol. The Kier molecular flexibility index (Phi) is 3.39. The van der Waals surface area contributed by atoms with Gasteiger partial charge in [-0.15, -0.1) is 0 Å². The van der Waals surface area contributed by atoms with Crippen LogP contribution in [0.1, 0.15) is 43.7 Å². The third-order valence-electron chi connectivity index (χ3n) is 4.01. The van der Waals surface area contributed by atoms with Gasteiger partial charge in [-0.05, 0) is 50.3 Å². The highest BCUT2D eigenvalue weighted by molar-refractivity contribution is 5.30. The average molecular weight is 273 g/mol. The Morgan fingerprint density at radius 1 is 1.05 bits per heavy atom. The summed E-state index contributed by atoms with van der Waals surface area (Å²) in [4.78, 5) is 0. The van der Waals surface area contributed by atoms with Crippen molar-refractivity contribution in [2.45, 2.75) is 49.9 Å². The van der Waals surface area contributed by atoms with Crippen LogP contribution in [0.2, 0.25) is 0 Å². The summed E-state index contributed by atoms with van der Waals surface area (Å²) in [6.07, 6.45) is -2.05. The van der Waals surface area contributed by atoms with Crippen molar-refractivity contribution in [3.8, 4) is 0 Å². The molecule has 2 rings (SSSR count). The lowest BCUT2D eigenvalue weighted by atomic mass is 9.72. The predicted molar refractivity (Wildman–Crippen MR) is 66.4 cm³/mol. The molecule has 0 radical (unpaired) electrons. The van der Waals surface area contributed by atoms with Crippen LogP contribution in [0.25, 0.3) is 0 Å². The van der Waals surface area contributed by atoms with Gasteiger partial charge in [0.1, 0.15) is 0 Å². The highest BCUT2D eigenvalue weighted by Gasteiger charge is 2.38. The number of hydrogen-bond acceptors (Lipinski definition) is 2. The van der Waals surface area contributed by atoms with E-state index in [0.717, 1.165) is 12.1 Å². The van der Waals surface area contributed by atoms with Crippen molar-refractivity contribution in [1.82, 2.24) is 0 Å². The van der Waals surface area contributed by atoms with E-state index in [0.29, 0.717) is 31.2 Å². The molecule has 1 aliphatic carbocycles. The molecule has 1 saturated carbocycles. The number of hydrogen-bond donors (Lipinski definition) is 2. The summed E-state index contributed by atoms with van der Waals surface area (Å²) < 4.78 is 37.5. The van der Waals surface area contributed by atoms with Crippen molar-refractivity contribution in [3.63, 3.8) is 0 Å². The number of halogens is 3. The molecule has 1 aliphatic rings. The maximum Gasteiger partial charge on any atom is 0.416 e. The molecule has 0 spiro atoms. The summed E-state index contributed by atoms with van der Waals surface area (Å²) in [7, 11) is 0. The van der Waals surface area contributed by atoms with Crippen LogP contribution in [0.5, 0.6) is 0 Å². The third kappa shape index (κ3) is 3.09. The van der Waals surface area contributed by atoms with Gasteiger partial charge in [-0.2, -0.15) is 13.2 Å². The number of nitrogens with two attached hydrogens (primary N) is 1. The Labute approximate surface area is 110 Å². The monoisotopic (exact) mass is 273 g/mol. The Hall–Kier alpha value is -1.07. The minimum atomic E-state index is -4.32. The second kappa shape index (κ2) is 4.49. The van der Waals surface area contributed by atoms with Crippen LogP contribution in [-0.4, -0.2) is 10.7 Å². The fourth-order valence-corrected chi connectivity index (χ4v) is 2.51. The molecule has 5 heteroatoms. The smallest absolute Gasteiger partial charge is 0.390 e. The van der Waals surface area contributed by atoms with Gasteiger partial charge >= 0.3 is 6.18 Å². The molecule has 1 fully saturated rings. The highest BCUT2D eigenvalue weighted by atomic mass is 19.4. The van der Waals surface area contributed by atoms with E-state index in [1.54, 1.807) is 6.92 Å². The first-order chi connectivity index (χ1) is 8.62. The van der Waals surface area contributed by atoms with Crippen LogP contribution < -0.4 is 5.73 Å². The van der Waals surface area contributed by atoms with Gasteiger partial charge in [-0.25, -0.2) is 0 Å². The minimum Gasteiger partial charge on any atom is -0.390 e. The lowest BCUT2D eigenvalue weighted by molar-refractivity contribution is -0.137. The first kappa shape index (κ1) is 14.3. The second-order valence-corrected chi connectivity index (χ2v) is 5.73. The summed E-state index contributed by atoms with van der Waals surface area (Å²) >= 11 is 0. The molecule has 0 heterocycles. The first-order valence-electron chi connectivity index (χ1n) is 6.31. The zero-order valence-electron chi connectivity index (χ0n) is 10.8. The zero-order chi connectivity index (χ0) is 14.3. The van der Waals surface area contributed by atoms with Crippen LogP contribution in [0.3, 0.4) is 0 Å². The summed E-state index contributed by atoms with van der Waals surface area (Å²) in [6, 6.07) is 5.03. The molecule has 0 atom stereocenters. The zero-order valence-corrected chi connectivity index (χ0v) is 10.8. The Balaban J connectivity index is 2.19. The molecule has 0 aliphatic heterocycles. The van der Waals surface area contributed by atoms with Crippen molar-refractivity contribution < 1.29 is 18.3 Å². The van der Waals surface area contributed by atoms with E-state index in [-0.39, 0.29) is 0 Å². The van der Waals surface area contributed by atoms with Crippen LogP contribution in [-0.2, 0) is 11.7 Å². The standard InChI is InChI=1S/C14H18F3NO/c1-12(19)6-8-13(18,9-7-12)10-2-4-11(5-3-10)14(15,16)17/h2-5,19H,6-9,18H2,1H3. The summed E-state index contributed by atoms with van der Waals surface area (Å²) in [5.41, 5.74) is 4.96. The van der Waals surface area contributed by atoms with E-state index in [9.17, 15) is 18.3 Å². The molecule has 0 bridgehead atoms. The Bertz CT molecular complexity index is 441. The molecule has 0 saturated heterocycles. The maximum absolute atomic E-state index is 12.5. The van der Waals surface area contributed by atoms with Crippen LogP contribution >= 0.6 is 0 Å². The average Bonchev–Trinajstić information content (AvgIpc) is 2.33. The maximum atomic E-state index is 12.5. The molecule has 1 aromatic rings. The fraction of sp³-hybridized carbons (Fsp3) is 0.571. The molecule has 0 aromatic heterocycles. The molecule has 1 aromatic carbocycles. The van der Waals surface area contributed by atoms with Crippen molar-refractivity contribution in [1.29, 1.82) is 0 Å². The predicted octanol–water partition coefficient (Wildman–Crippen LogP) is 3.18. The first-order valence-corrected chi connectivity index (χ1v) is 6.31. The van der Waals surface area contributed by atoms with Gasteiger partial charge in [0.05, 0.1) is 11.2 Å². The van der Waals surface area contributed by atoms with Crippen LogP contribution in [0.15, 0.2) is 24.3 Å².